The van der Waals surface area contributed by atoms with E-state index >= 15 is 0 Å². The highest BCUT2D eigenvalue weighted by Gasteiger charge is 2.13. The third kappa shape index (κ3) is 3.62. The molecule has 1 atom stereocenters. The van der Waals surface area contributed by atoms with Crippen LogP contribution < -0.4 is 4.74 Å². The Labute approximate surface area is 89.7 Å². The molecule has 15 heavy (non-hydrogen) atoms. The number of carboxylic acid groups (broad SMARTS) is 1. The summed E-state index contributed by atoms with van der Waals surface area (Å²) in [6, 6.07) is 7.62. The second-order valence-electron chi connectivity index (χ2n) is 3.51. The summed E-state index contributed by atoms with van der Waals surface area (Å²) in [5.74, 6) is -0.0546. The van der Waals surface area contributed by atoms with Crippen molar-refractivity contribution in [3.63, 3.8) is 0 Å². The lowest BCUT2D eigenvalue weighted by Gasteiger charge is -2.16. The lowest BCUT2D eigenvalue weighted by molar-refractivity contribution is -0.138. The number of benzene rings is 1. The molecule has 1 unspecified atom stereocenters. The number of hydrogen-bond acceptors (Lipinski definition) is 2. The van der Waals surface area contributed by atoms with Gasteiger partial charge in [0.05, 0.1) is 6.42 Å². The van der Waals surface area contributed by atoms with Crippen molar-refractivity contribution in [2.45, 2.75) is 32.8 Å². The molecule has 3 heteroatoms. The van der Waals surface area contributed by atoms with E-state index in [1.54, 1.807) is 0 Å². The smallest absolute Gasteiger partial charge is 0.307 e. The molecule has 1 N–H and O–H groups in total. The first-order valence-electron chi connectivity index (χ1n) is 5.07. The molecule has 0 saturated heterocycles. The fourth-order valence-electron chi connectivity index (χ4n) is 1.33. The number of carboxylic acids is 1. The molecular weight excluding hydrogens is 192 g/mol. The van der Waals surface area contributed by atoms with Gasteiger partial charge in [0.2, 0.25) is 0 Å². The quantitative estimate of drug-likeness (QED) is 0.809. The topological polar surface area (TPSA) is 46.5 Å². The first-order valence-corrected chi connectivity index (χ1v) is 5.07. The minimum Gasteiger partial charge on any atom is -0.490 e. The minimum atomic E-state index is -0.824. The van der Waals surface area contributed by atoms with Crippen LogP contribution in [0.25, 0.3) is 0 Å². The van der Waals surface area contributed by atoms with Gasteiger partial charge in [-0.05, 0) is 25.0 Å². The molecule has 0 aliphatic carbocycles. The SMILES string of the molecule is CCC(CC(=O)O)Oc1ccccc1C. The number of hydrogen-bond donors (Lipinski definition) is 1. The van der Waals surface area contributed by atoms with E-state index in [0.717, 1.165) is 11.3 Å². The fourth-order valence-corrected chi connectivity index (χ4v) is 1.33. The molecule has 0 aliphatic heterocycles. The fraction of sp³-hybridized carbons (Fsp3) is 0.417. The summed E-state index contributed by atoms with van der Waals surface area (Å²) < 4.78 is 5.62. The van der Waals surface area contributed by atoms with Crippen LogP contribution in [0.3, 0.4) is 0 Å². The Kier molecular flexibility index (Phi) is 4.16. The molecule has 0 fully saturated rings. The van der Waals surface area contributed by atoms with E-state index in [1.165, 1.54) is 0 Å². The second-order valence-corrected chi connectivity index (χ2v) is 3.51. The van der Waals surface area contributed by atoms with Crippen molar-refractivity contribution in [1.82, 2.24) is 0 Å². The Hall–Kier alpha value is -1.51. The largest absolute Gasteiger partial charge is 0.490 e. The maximum absolute atomic E-state index is 10.6. The Morgan fingerprint density at radius 2 is 2.13 bits per heavy atom. The molecule has 1 aromatic carbocycles. The monoisotopic (exact) mass is 208 g/mol. The van der Waals surface area contributed by atoms with Crippen LogP contribution in [0.5, 0.6) is 5.75 Å². The zero-order valence-electron chi connectivity index (χ0n) is 9.06. The van der Waals surface area contributed by atoms with Crippen molar-refractivity contribution in [3.8, 4) is 5.75 Å². The predicted octanol–water partition coefficient (Wildman–Crippen LogP) is 2.63. The highest BCUT2D eigenvalue weighted by molar-refractivity contribution is 5.67. The van der Waals surface area contributed by atoms with Gasteiger partial charge < -0.3 is 9.84 Å². The lowest BCUT2D eigenvalue weighted by Crippen LogP contribution is -2.20. The molecule has 0 saturated carbocycles. The van der Waals surface area contributed by atoms with Gasteiger partial charge in [0.25, 0.3) is 0 Å². The Morgan fingerprint density at radius 1 is 1.47 bits per heavy atom. The molecule has 0 heterocycles. The summed E-state index contributed by atoms with van der Waals surface area (Å²) in [6.07, 6.45) is 0.495. The molecule has 1 rings (SSSR count). The summed E-state index contributed by atoms with van der Waals surface area (Å²) in [6.45, 7) is 3.87. The molecule has 82 valence electrons. The van der Waals surface area contributed by atoms with Gasteiger partial charge in [0, 0.05) is 0 Å². The third-order valence-electron chi connectivity index (χ3n) is 2.24. The summed E-state index contributed by atoms with van der Waals surface area (Å²) in [5.41, 5.74) is 1.03. The van der Waals surface area contributed by atoms with Crippen molar-refractivity contribution < 1.29 is 14.6 Å². The van der Waals surface area contributed by atoms with Crippen LogP contribution in [0.4, 0.5) is 0 Å². The predicted molar refractivity (Wildman–Crippen MR) is 58.1 cm³/mol. The Morgan fingerprint density at radius 3 is 2.67 bits per heavy atom. The summed E-state index contributed by atoms with van der Waals surface area (Å²) in [4.78, 5) is 10.6. The highest BCUT2D eigenvalue weighted by atomic mass is 16.5. The normalized spacial score (nSPS) is 12.1. The van der Waals surface area contributed by atoms with E-state index < -0.39 is 5.97 Å². The number of ether oxygens (including phenoxy) is 1. The van der Waals surface area contributed by atoms with E-state index in [2.05, 4.69) is 0 Å². The first kappa shape index (κ1) is 11.6. The standard InChI is InChI=1S/C12H16O3/c1-3-10(8-12(13)14)15-11-7-5-4-6-9(11)2/h4-7,10H,3,8H2,1-2H3,(H,13,14). The summed E-state index contributed by atoms with van der Waals surface area (Å²) >= 11 is 0. The van der Waals surface area contributed by atoms with E-state index in [-0.39, 0.29) is 12.5 Å². The van der Waals surface area contributed by atoms with Crippen LogP contribution in [0.15, 0.2) is 24.3 Å². The van der Waals surface area contributed by atoms with Crippen molar-refractivity contribution in [1.29, 1.82) is 0 Å². The number of para-hydroxylation sites is 1. The van der Waals surface area contributed by atoms with Gasteiger partial charge in [0.15, 0.2) is 0 Å². The van der Waals surface area contributed by atoms with Crippen LogP contribution in [0.1, 0.15) is 25.3 Å². The minimum absolute atomic E-state index is 0.0465. The van der Waals surface area contributed by atoms with E-state index in [1.807, 2.05) is 38.1 Å². The van der Waals surface area contributed by atoms with Crippen LogP contribution >= 0.6 is 0 Å². The molecule has 0 spiro atoms. The summed E-state index contributed by atoms with van der Waals surface area (Å²) in [5, 5.41) is 8.68. The molecule has 3 nitrogen and oxygen atoms in total. The summed E-state index contributed by atoms with van der Waals surface area (Å²) in [7, 11) is 0. The second kappa shape index (κ2) is 5.39. The number of aliphatic carboxylic acids is 1. The number of aryl methyl sites for hydroxylation is 1. The first-order chi connectivity index (χ1) is 7.13. The van der Waals surface area contributed by atoms with Crippen molar-refractivity contribution in [3.05, 3.63) is 29.8 Å². The van der Waals surface area contributed by atoms with Gasteiger partial charge >= 0.3 is 5.97 Å². The average Bonchev–Trinajstić information content (AvgIpc) is 2.19. The lowest BCUT2D eigenvalue weighted by atomic mass is 10.2. The van der Waals surface area contributed by atoms with Crippen LogP contribution in [0.2, 0.25) is 0 Å². The zero-order chi connectivity index (χ0) is 11.3. The number of rotatable bonds is 5. The molecule has 1 aromatic rings. The molecule has 0 aliphatic rings. The Balaban J connectivity index is 2.66. The zero-order valence-corrected chi connectivity index (χ0v) is 9.06. The van der Waals surface area contributed by atoms with Crippen molar-refractivity contribution in [2.75, 3.05) is 0 Å². The highest BCUT2D eigenvalue weighted by Crippen LogP contribution is 2.19. The van der Waals surface area contributed by atoms with Gasteiger partial charge in [-0.3, -0.25) is 4.79 Å². The van der Waals surface area contributed by atoms with Crippen LogP contribution in [0, 0.1) is 6.92 Å². The van der Waals surface area contributed by atoms with Gasteiger partial charge in [0.1, 0.15) is 11.9 Å². The van der Waals surface area contributed by atoms with Gasteiger partial charge in [-0.15, -0.1) is 0 Å². The third-order valence-corrected chi connectivity index (χ3v) is 2.24. The van der Waals surface area contributed by atoms with E-state index in [4.69, 9.17) is 9.84 Å². The molecule has 0 bridgehead atoms. The Bertz CT molecular complexity index is 333. The maximum Gasteiger partial charge on any atom is 0.307 e. The van der Waals surface area contributed by atoms with E-state index in [9.17, 15) is 4.79 Å². The van der Waals surface area contributed by atoms with Gasteiger partial charge in [-0.25, -0.2) is 0 Å². The average molecular weight is 208 g/mol. The van der Waals surface area contributed by atoms with E-state index in [0.29, 0.717) is 6.42 Å². The molecule has 0 radical (unpaired) electrons. The molecular formula is C12H16O3. The molecule has 0 aromatic heterocycles. The van der Waals surface area contributed by atoms with Crippen molar-refractivity contribution >= 4 is 5.97 Å². The van der Waals surface area contributed by atoms with Gasteiger partial charge in [-0.1, -0.05) is 25.1 Å². The van der Waals surface area contributed by atoms with Crippen LogP contribution in [-0.2, 0) is 4.79 Å². The number of carbonyl (C=O) groups is 1. The van der Waals surface area contributed by atoms with Crippen LogP contribution in [-0.4, -0.2) is 17.2 Å². The molecule has 0 amide bonds. The maximum atomic E-state index is 10.6. The van der Waals surface area contributed by atoms with Crippen molar-refractivity contribution in [2.24, 2.45) is 0 Å². The van der Waals surface area contributed by atoms with Gasteiger partial charge in [-0.2, -0.15) is 0 Å².